The fraction of sp³-hybridized carbons (Fsp3) is 0.800. The summed E-state index contributed by atoms with van der Waals surface area (Å²) < 4.78 is 0. The molecule has 2 saturated heterocycles. The summed E-state index contributed by atoms with van der Waals surface area (Å²) in [6.07, 6.45) is 9.12. The van der Waals surface area contributed by atoms with Gasteiger partial charge in [-0.15, -0.1) is 0 Å². The van der Waals surface area contributed by atoms with Gasteiger partial charge in [0.1, 0.15) is 11.6 Å². The van der Waals surface area contributed by atoms with E-state index in [0.717, 1.165) is 30.8 Å². The van der Waals surface area contributed by atoms with Gasteiger partial charge in [-0.05, 0) is 18.9 Å². The highest BCUT2D eigenvalue weighted by molar-refractivity contribution is 5.42. The Hall–Kier alpha value is -1.20. The predicted molar refractivity (Wildman–Crippen MR) is 102 cm³/mol. The summed E-state index contributed by atoms with van der Waals surface area (Å²) in [7, 11) is 0. The minimum absolute atomic E-state index is 0.393. The minimum atomic E-state index is 0.393. The van der Waals surface area contributed by atoms with Gasteiger partial charge in [0.15, 0.2) is 0 Å². The maximum absolute atomic E-state index is 4.74. The van der Waals surface area contributed by atoms with Crippen LogP contribution in [0.1, 0.15) is 57.7 Å². The Morgan fingerprint density at radius 3 is 2.20 bits per heavy atom. The second-order valence-electron chi connectivity index (χ2n) is 8.35. The lowest BCUT2D eigenvalue weighted by Crippen LogP contribution is -2.64. The van der Waals surface area contributed by atoms with Crippen molar-refractivity contribution in [3.05, 3.63) is 18.1 Å². The zero-order valence-electron chi connectivity index (χ0n) is 15.9. The third-order valence-corrected chi connectivity index (χ3v) is 6.32. The van der Waals surface area contributed by atoms with Gasteiger partial charge in [0.2, 0.25) is 0 Å². The number of piperazine rings is 1. The molecule has 5 heteroatoms. The largest absolute Gasteiger partial charge is 0.353 e. The van der Waals surface area contributed by atoms with Gasteiger partial charge in [0, 0.05) is 63.5 Å². The Morgan fingerprint density at radius 2 is 1.56 bits per heavy atom. The molecule has 0 radical (unpaired) electrons. The third-order valence-electron chi connectivity index (χ3n) is 6.32. The average molecular weight is 344 g/mol. The summed E-state index contributed by atoms with van der Waals surface area (Å²) in [5.41, 5.74) is 0. The summed E-state index contributed by atoms with van der Waals surface area (Å²) in [5, 5.41) is 0. The molecule has 0 aromatic carbocycles. The molecule has 1 aromatic rings. The van der Waals surface area contributed by atoms with Crippen LogP contribution in [0.5, 0.6) is 0 Å². The number of aromatic nitrogens is 2. The predicted octanol–water partition coefficient (Wildman–Crippen LogP) is 2.74. The summed E-state index contributed by atoms with van der Waals surface area (Å²) in [5.74, 6) is 2.46. The lowest BCUT2D eigenvalue weighted by molar-refractivity contribution is 0.0487. The molecule has 1 saturated carbocycles. The molecule has 3 heterocycles. The number of rotatable bonds is 4. The van der Waals surface area contributed by atoms with E-state index in [0.29, 0.717) is 12.0 Å². The second kappa shape index (κ2) is 7.58. The van der Waals surface area contributed by atoms with E-state index in [9.17, 15) is 0 Å². The van der Waals surface area contributed by atoms with Crippen molar-refractivity contribution >= 4 is 5.82 Å². The maximum Gasteiger partial charge on any atom is 0.133 e. The van der Waals surface area contributed by atoms with Crippen molar-refractivity contribution in [2.75, 3.05) is 44.2 Å². The molecule has 0 amide bonds. The molecule has 0 bridgehead atoms. The molecule has 25 heavy (non-hydrogen) atoms. The van der Waals surface area contributed by atoms with Gasteiger partial charge in [-0.2, -0.15) is 0 Å². The highest BCUT2D eigenvalue weighted by Crippen LogP contribution is 2.26. The van der Waals surface area contributed by atoms with Crippen molar-refractivity contribution in [3.8, 4) is 0 Å². The topological polar surface area (TPSA) is 35.5 Å². The Balaban J connectivity index is 1.25. The van der Waals surface area contributed by atoms with Gasteiger partial charge in [0.05, 0.1) is 0 Å². The summed E-state index contributed by atoms with van der Waals surface area (Å²) in [4.78, 5) is 17.0. The molecule has 5 nitrogen and oxygen atoms in total. The Kier molecular flexibility index (Phi) is 5.23. The summed E-state index contributed by atoms with van der Waals surface area (Å²) >= 11 is 0. The van der Waals surface area contributed by atoms with Crippen LogP contribution >= 0.6 is 0 Å². The van der Waals surface area contributed by atoms with Crippen LogP contribution in [0.2, 0.25) is 0 Å². The molecule has 3 aliphatic rings. The first kappa shape index (κ1) is 17.2. The van der Waals surface area contributed by atoms with Gasteiger partial charge < -0.3 is 4.90 Å². The fourth-order valence-corrected chi connectivity index (χ4v) is 4.61. The third kappa shape index (κ3) is 3.82. The number of hydrogen-bond donors (Lipinski definition) is 0. The van der Waals surface area contributed by atoms with E-state index < -0.39 is 0 Å². The minimum Gasteiger partial charge on any atom is -0.353 e. The van der Waals surface area contributed by atoms with Crippen LogP contribution in [0.25, 0.3) is 0 Å². The smallest absolute Gasteiger partial charge is 0.133 e. The molecule has 1 aliphatic carbocycles. The van der Waals surface area contributed by atoms with Crippen LogP contribution in [0.3, 0.4) is 0 Å². The molecule has 0 unspecified atom stereocenters. The first-order valence-corrected chi connectivity index (χ1v) is 10.3. The van der Waals surface area contributed by atoms with Crippen LogP contribution in [-0.2, 0) is 0 Å². The van der Waals surface area contributed by atoms with Crippen LogP contribution in [0, 0.1) is 0 Å². The van der Waals surface area contributed by atoms with Gasteiger partial charge >= 0.3 is 0 Å². The lowest BCUT2D eigenvalue weighted by atomic mass is 9.93. The highest BCUT2D eigenvalue weighted by atomic mass is 15.4. The first-order valence-electron chi connectivity index (χ1n) is 10.3. The van der Waals surface area contributed by atoms with Crippen LogP contribution < -0.4 is 4.90 Å². The summed E-state index contributed by atoms with van der Waals surface area (Å²) in [6.45, 7) is 11.6. The molecule has 0 spiro atoms. The zero-order chi connectivity index (χ0) is 17.2. The van der Waals surface area contributed by atoms with E-state index in [1.54, 1.807) is 0 Å². The monoisotopic (exact) mass is 343 g/mol. The maximum atomic E-state index is 4.74. The first-order chi connectivity index (χ1) is 12.2. The normalized spacial score (nSPS) is 24.7. The quantitative estimate of drug-likeness (QED) is 0.840. The van der Waals surface area contributed by atoms with E-state index in [4.69, 9.17) is 4.98 Å². The molecule has 0 N–H and O–H groups in total. The van der Waals surface area contributed by atoms with Gasteiger partial charge in [-0.1, -0.05) is 33.1 Å². The van der Waals surface area contributed by atoms with Crippen molar-refractivity contribution in [1.82, 2.24) is 19.8 Å². The molecule has 0 atom stereocenters. The SMILES string of the molecule is CC(C)c1nccc(N2CC(N3CCN(C4CCCCC4)CC3)C2)n1. The van der Waals surface area contributed by atoms with E-state index in [1.165, 1.54) is 58.3 Å². The van der Waals surface area contributed by atoms with Gasteiger partial charge in [-0.25, -0.2) is 9.97 Å². The molecule has 138 valence electrons. The van der Waals surface area contributed by atoms with Crippen LogP contribution in [0.15, 0.2) is 12.3 Å². The van der Waals surface area contributed by atoms with E-state index >= 15 is 0 Å². The Labute approximate surface area is 152 Å². The van der Waals surface area contributed by atoms with Crippen LogP contribution in [0.4, 0.5) is 5.82 Å². The average Bonchev–Trinajstić information content (AvgIpc) is 2.62. The number of nitrogens with zero attached hydrogens (tertiary/aromatic N) is 5. The molecule has 1 aromatic heterocycles. The van der Waals surface area contributed by atoms with Crippen molar-refractivity contribution in [1.29, 1.82) is 0 Å². The van der Waals surface area contributed by atoms with E-state index in [1.807, 2.05) is 6.20 Å². The Morgan fingerprint density at radius 1 is 0.920 bits per heavy atom. The van der Waals surface area contributed by atoms with Gasteiger partial charge in [-0.3, -0.25) is 9.80 Å². The second-order valence-corrected chi connectivity index (χ2v) is 8.35. The lowest BCUT2D eigenvalue weighted by Gasteiger charge is -2.49. The number of hydrogen-bond acceptors (Lipinski definition) is 5. The van der Waals surface area contributed by atoms with Crippen LogP contribution in [-0.4, -0.2) is 71.1 Å². The van der Waals surface area contributed by atoms with Crippen molar-refractivity contribution in [2.24, 2.45) is 0 Å². The summed E-state index contributed by atoms with van der Waals surface area (Å²) in [6, 6.07) is 3.65. The van der Waals surface area contributed by atoms with Crippen molar-refractivity contribution < 1.29 is 0 Å². The molecule has 2 aliphatic heterocycles. The van der Waals surface area contributed by atoms with E-state index in [2.05, 4.69) is 39.6 Å². The highest BCUT2D eigenvalue weighted by Gasteiger charge is 2.35. The Bertz CT molecular complexity index is 555. The van der Waals surface area contributed by atoms with E-state index in [-0.39, 0.29) is 0 Å². The fourth-order valence-electron chi connectivity index (χ4n) is 4.61. The molecule has 3 fully saturated rings. The standard InChI is InChI=1S/C20H33N5/c1-16(2)20-21-9-8-19(22-20)25-14-18(15-25)24-12-10-23(11-13-24)17-6-4-3-5-7-17/h8-9,16-18H,3-7,10-15H2,1-2H3. The van der Waals surface area contributed by atoms with Crippen molar-refractivity contribution in [3.63, 3.8) is 0 Å². The van der Waals surface area contributed by atoms with Crippen molar-refractivity contribution in [2.45, 2.75) is 64.0 Å². The van der Waals surface area contributed by atoms with Gasteiger partial charge in [0.25, 0.3) is 0 Å². The molecule has 4 rings (SSSR count). The molecular formula is C20H33N5. The molecular weight excluding hydrogens is 310 g/mol. The zero-order valence-corrected chi connectivity index (χ0v) is 15.9. The number of anilines is 1.